The van der Waals surface area contributed by atoms with Crippen molar-refractivity contribution in [1.29, 1.82) is 0 Å². The van der Waals surface area contributed by atoms with Crippen LogP contribution in [0, 0.1) is 0 Å². The summed E-state index contributed by atoms with van der Waals surface area (Å²) in [5.74, 6) is 0.680. The van der Waals surface area contributed by atoms with Gasteiger partial charge in [-0.05, 0) is 76.5 Å². The largest absolute Gasteiger partial charge is 0.453 e. The van der Waals surface area contributed by atoms with Gasteiger partial charge in [0.1, 0.15) is 5.58 Å². The Bertz CT molecular complexity index is 3250. The zero-order valence-corrected chi connectivity index (χ0v) is 34.2. The van der Waals surface area contributed by atoms with Gasteiger partial charge in [0.05, 0.1) is 17.1 Å². The Balaban J connectivity index is 1.13. The van der Waals surface area contributed by atoms with Gasteiger partial charge in [0.25, 0.3) is 0 Å². The molecule has 0 N–H and O–H groups in total. The third kappa shape index (κ3) is 6.78. The van der Waals surface area contributed by atoms with E-state index in [1.807, 2.05) is 24.3 Å². The van der Waals surface area contributed by atoms with Crippen LogP contribution in [-0.2, 0) is 0 Å². The first-order valence-corrected chi connectivity index (χ1v) is 21.1. The minimum Gasteiger partial charge on any atom is -0.453 e. The number of fused-ring (bicyclic) bond motifs is 4. The molecule has 0 saturated carbocycles. The van der Waals surface area contributed by atoms with Crippen LogP contribution in [0.25, 0.3) is 60.7 Å². The van der Waals surface area contributed by atoms with E-state index in [1.54, 1.807) is 0 Å². The summed E-state index contributed by atoms with van der Waals surface area (Å²) in [6, 6.07) is 76.9. The van der Waals surface area contributed by atoms with Crippen LogP contribution in [0.2, 0.25) is 0 Å². The van der Waals surface area contributed by atoms with Crippen molar-refractivity contribution in [3.63, 3.8) is 0 Å². The molecule has 9 aromatic carbocycles. The Kier molecular flexibility index (Phi) is 9.44. The van der Waals surface area contributed by atoms with E-state index in [4.69, 9.17) is 14.4 Å². The van der Waals surface area contributed by atoms with Crippen molar-refractivity contribution >= 4 is 67.0 Å². The van der Waals surface area contributed by atoms with Crippen molar-refractivity contribution in [2.24, 2.45) is 9.98 Å². The predicted octanol–water partition coefficient (Wildman–Crippen LogP) is 15.6. The van der Waals surface area contributed by atoms with Crippen molar-refractivity contribution < 1.29 is 4.42 Å². The summed E-state index contributed by atoms with van der Waals surface area (Å²) in [6.45, 7) is 2.17. The molecule has 0 fully saturated rings. The normalized spacial score (nSPS) is 13.0. The highest BCUT2D eigenvalue weighted by atomic mass is 16.3. The van der Waals surface area contributed by atoms with Gasteiger partial charge in [-0.1, -0.05) is 182 Å². The standard InChI is InChI=1S/C58H41N3O/c1-39-37-53(59-58(45-23-12-5-13-24-45)60-54(39)44-21-10-4-11-22-44)51-28-16-27-50-52-38-46-25-14-15-26-49(46)55(57(52)62-56(50)51)61(47-33-29-42(30-34-47)40-17-6-2-7-18-40)48-35-31-43(32-36-48)41-19-8-3-9-20-41/h2-36,38H,37H2,1H3. The Hall–Kier alpha value is -8.08. The molecular weight excluding hydrogens is 755 g/mol. The molecular formula is C58H41N3O. The average Bonchev–Trinajstić information content (AvgIpc) is 3.62. The third-order valence-corrected chi connectivity index (χ3v) is 11.9. The van der Waals surface area contributed by atoms with Crippen LogP contribution in [0.15, 0.2) is 238 Å². The van der Waals surface area contributed by atoms with Gasteiger partial charge in [-0.3, -0.25) is 0 Å². The van der Waals surface area contributed by atoms with Gasteiger partial charge < -0.3 is 9.32 Å². The molecule has 0 unspecified atom stereocenters. The molecule has 4 nitrogen and oxygen atoms in total. The predicted molar refractivity (Wildman–Crippen MR) is 260 cm³/mol. The zero-order valence-electron chi connectivity index (χ0n) is 34.2. The molecule has 0 bridgehead atoms. The van der Waals surface area contributed by atoms with E-state index >= 15 is 0 Å². The summed E-state index contributed by atoms with van der Waals surface area (Å²) in [5.41, 5.74) is 15.3. The van der Waals surface area contributed by atoms with Crippen molar-refractivity contribution in [2.45, 2.75) is 13.3 Å². The van der Waals surface area contributed by atoms with E-state index in [1.165, 1.54) is 11.1 Å². The summed E-state index contributed by atoms with van der Waals surface area (Å²) in [5, 5.41) is 4.31. The fraction of sp³-hybridized carbons (Fsp3) is 0.0345. The number of aliphatic imine (C=N–C) groups is 2. The van der Waals surface area contributed by atoms with E-state index in [0.717, 1.165) is 94.6 Å². The molecule has 1 aliphatic rings. The lowest BCUT2D eigenvalue weighted by molar-refractivity contribution is 0.668. The van der Waals surface area contributed by atoms with Crippen LogP contribution in [0.3, 0.4) is 0 Å². The first-order valence-electron chi connectivity index (χ1n) is 21.1. The quantitative estimate of drug-likeness (QED) is 0.154. The van der Waals surface area contributed by atoms with Crippen LogP contribution in [0.1, 0.15) is 30.0 Å². The van der Waals surface area contributed by atoms with E-state index in [2.05, 4.69) is 206 Å². The van der Waals surface area contributed by atoms with Crippen molar-refractivity contribution in [3.8, 4) is 22.3 Å². The first kappa shape index (κ1) is 37.0. The molecule has 1 aliphatic heterocycles. The smallest absolute Gasteiger partial charge is 0.160 e. The second-order valence-corrected chi connectivity index (χ2v) is 15.8. The fourth-order valence-corrected chi connectivity index (χ4v) is 8.80. The Morgan fingerprint density at radius 2 is 0.919 bits per heavy atom. The third-order valence-electron chi connectivity index (χ3n) is 11.9. The number of amidine groups is 1. The summed E-state index contributed by atoms with van der Waals surface area (Å²) in [6.07, 6.45) is 0.614. The van der Waals surface area contributed by atoms with Crippen LogP contribution < -0.4 is 4.90 Å². The van der Waals surface area contributed by atoms with Gasteiger partial charge in [0, 0.05) is 50.6 Å². The molecule has 0 atom stereocenters. The van der Waals surface area contributed by atoms with Gasteiger partial charge in [-0.2, -0.15) is 0 Å². The monoisotopic (exact) mass is 795 g/mol. The highest BCUT2D eigenvalue weighted by molar-refractivity contribution is 6.24. The lowest BCUT2D eigenvalue weighted by atomic mass is 9.97. The van der Waals surface area contributed by atoms with Gasteiger partial charge in [-0.25, -0.2) is 9.98 Å². The molecule has 294 valence electrons. The number of hydrogen-bond acceptors (Lipinski definition) is 4. The minimum atomic E-state index is 0.614. The number of hydrogen-bond donors (Lipinski definition) is 0. The van der Waals surface area contributed by atoms with Gasteiger partial charge in [0.15, 0.2) is 11.4 Å². The molecule has 0 spiro atoms. The minimum absolute atomic E-state index is 0.614. The molecule has 0 aliphatic carbocycles. The van der Waals surface area contributed by atoms with Crippen molar-refractivity contribution in [1.82, 2.24) is 0 Å². The van der Waals surface area contributed by atoms with Crippen molar-refractivity contribution in [2.75, 3.05) is 4.90 Å². The highest BCUT2D eigenvalue weighted by Crippen LogP contribution is 2.47. The van der Waals surface area contributed by atoms with Crippen molar-refractivity contribution in [3.05, 3.63) is 241 Å². The Morgan fingerprint density at radius 1 is 0.419 bits per heavy atom. The number of allylic oxidation sites excluding steroid dienone is 1. The molecule has 2 heterocycles. The summed E-state index contributed by atoms with van der Waals surface area (Å²) >= 11 is 0. The molecule has 11 rings (SSSR count). The van der Waals surface area contributed by atoms with E-state index in [-0.39, 0.29) is 0 Å². The number of para-hydroxylation sites is 1. The maximum absolute atomic E-state index is 7.34. The lowest BCUT2D eigenvalue weighted by Gasteiger charge is -2.27. The number of benzene rings is 9. The SMILES string of the molecule is CC1=C(c2ccccc2)N=C(c2ccccc2)N=C(c2cccc3c2oc2c(N(c4ccc(-c5ccccc5)cc4)c4ccc(-c5ccccc5)cc4)c4ccccc4cc23)C1. The molecule has 62 heavy (non-hydrogen) atoms. The zero-order chi connectivity index (χ0) is 41.4. The number of nitrogens with zero attached hydrogens (tertiary/aromatic N) is 3. The average molecular weight is 796 g/mol. The number of rotatable bonds is 8. The lowest BCUT2D eigenvalue weighted by Crippen LogP contribution is -2.11. The second-order valence-electron chi connectivity index (χ2n) is 15.8. The summed E-state index contributed by atoms with van der Waals surface area (Å²) < 4.78 is 7.34. The summed E-state index contributed by atoms with van der Waals surface area (Å²) in [7, 11) is 0. The molecule has 4 heteroatoms. The second kappa shape index (κ2) is 15.8. The van der Waals surface area contributed by atoms with Crippen LogP contribution in [0.5, 0.6) is 0 Å². The highest BCUT2D eigenvalue weighted by Gasteiger charge is 2.26. The van der Waals surface area contributed by atoms with Gasteiger partial charge in [0.2, 0.25) is 0 Å². The fourth-order valence-electron chi connectivity index (χ4n) is 8.80. The first-order chi connectivity index (χ1) is 30.7. The van der Waals surface area contributed by atoms with Gasteiger partial charge >= 0.3 is 0 Å². The van der Waals surface area contributed by atoms with Crippen LogP contribution >= 0.6 is 0 Å². The Labute approximate surface area is 361 Å². The topological polar surface area (TPSA) is 41.1 Å². The van der Waals surface area contributed by atoms with Gasteiger partial charge in [-0.15, -0.1) is 0 Å². The molecule has 0 saturated heterocycles. The van der Waals surface area contributed by atoms with E-state index < -0.39 is 0 Å². The molecule has 1 aromatic heterocycles. The molecule has 0 radical (unpaired) electrons. The summed E-state index contributed by atoms with van der Waals surface area (Å²) in [4.78, 5) is 13.0. The number of anilines is 3. The maximum atomic E-state index is 7.34. The van der Waals surface area contributed by atoms with E-state index in [9.17, 15) is 0 Å². The Morgan fingerprint density at radius 3 is 1.52 bits per heavy atom. The molecule has 0 amide bonds. The van der Waals surface area contributed by atoms with Crippen LogP contribution in [0.4, 0.5) is 17.1 Å². The van der Waals surface area contributed by atoms with Crippen LogP contribution in [-0.4, -0.2) is 11.5 Å². The van der Waals surface area contributed by atoms with E-state index in [0.29, 0.717) is 12.3 Å². The maximum Gasteiger partial charge on any atom is 0.160 e. The number of furan rings is 1. The molecule has 10 aromatic rings.